The highest BCUT2D eigenvalue weighted by molar-refractivity contribution is 6.02. The van der Waals surface area contributed by atoms with Gasteiger partial charge in [0, 0.05) is 23.5 Å². The van der Waals surface area contributed by atoms with E-state index in [1.54, 1.807) is 48.4 Å². The van der Waals surface area contributed by atoms with Gasteiger partial charge >= 0.3 is 12.1 Å². The maximum Gasteiger partial charge on any atom is 0.416 e. The molecule has 2 heterocycles. The Hall–Kier alpha value is -4.47. The fraction of sp³-hybridized carbons (Fsp3) is 0.375. The molecule has 4 aromatic rings. The molecule has 2 aromatic carbocycles. The second kappa shape index (κ2) is 11.8. The predicted octanol–water partition coefficient (Wildman–Crippen LogP) is 6.90. The zero-order valence-corrected chi connectivity index (χ0v) is 24.2. The van der Waals surface area contributed by atoms with Gasteiger partial charge in [-0.15, -0.1) is 5.10 Å². The van der Waals surface area contributed by atoms with Crippen LogP contribution in [0, 0.1) is 17.7 Å². The molecular formula is C32H35FN4O5. The van der Waals surface area contributed by atoms with Crippen molar-refractivity contribution in [3.05, 3.63) is 66.1 Å². The number of amides is 1. The Bertz CT molecular complexity index is 1630. The van der Waals surface area contributed by atoms with Crippen LogP contribution in [-0.2, 0) is 9.53 Å². The third-order valence-corrected chi connectivity index (χ3v) is 7.92. The average Bonchev–Trinajstić information content (AvgIpc) is 3.56. The minimum Gasteiger partial charge on any atom is -0.464 e. The lowest BCUT2D eigenvalue weighted by molar-refractivity contribution is -0.124. The van der Waals surface area contributed by atoms with Gasteiger partial charge < -0.3 is 9.84 Å². The van der Waals surface area contributed by atoms with Crippen LogP contribution in [0.1, 0.15) is 63.7 Å². The molecule has 1 N–H and O–H groups in total. The molecule has 0 atom stereocenters. The zero-order valence-electron chi connectivity index (χ0n) is 24.2. The van der Waals surface area contributed by atoms with Gasteiger partial charge in [0.25, 0.3) is 0 Å². The van der Waals surface area contributed by atoms with Crippen molar-refractivity contribution in [2.75, 3.05) is 11.5 Å². The molecule has 0 aliphatic heterocycles. The summed E-state index contributed by atoms with van der Waals surface area (Å²) in [5, 5.41) is 15.1. The monoisotopic (exact) mass is 574 g/mol. The van der Waals surface area contributed by atoms with Gasteiger partial charge in [0.2, 0.25) is 5.91 Å². The standard InChI is InChI=1S/C32H35FN4O5/c1-5-42-31(39)26-18-35(34-29(26)36(19(2)3)30(38)22-8-6-20(4)7-9-22)25-13-10-21(11-14-25)28-17-23-16-24(33)12-15-27(23)37(28)32(40)41/h10-20,22H,5-9H2,1-4H3,(H,40,41). The molecule has 220 valence electrons. The molecule has 0 radical (unpaired) electrons. The summed E-state index contributed by atoms with van der Waals surface area (Å²) < 4.78 is 21.8. The molecule has 0 saturated heterocycles. The van der Waals surface area contributed by atoms with Gasteiger partial charge in [-0.2, -0.15) is 0 Å². The van der Waals surface area contributed by atoms with Gasteiger partial charge in [0.05, 0.1) is 23.5 Å². The molecule has 2 aromatic heterocycles. The third kappa shape index (κ3) is 5.53. The van der Waals surface area contributed by atoms with Gasteiger partial charge in [-0.05, 0) is 94.3 Å². The topological polar surface area (TPSA) is 107 Å². The maximum absolute atomic E-state index is 13.8. The predicted molar refractivity (Wildman–Crippen MR) is 158 cm³/mol. The molecule has 0 spiro atoms. The number of rotatable bonds is 7. The minimum absolute atomic E-state index is 0.0408. The minimum atomic E-state index is -1.18. The molecule has 42 heavy (non-hydrogen) atoms. The molecule has 0 unspecified atom stereocenters. The van der Waals surface area contributed by atoms with E-state index < -0.39 is 17.9 Å². The van der Waals surface area contributed by atoms with Crippen LogP contribution in [-0.4, -0.2) is 50.1 Å². The Balaban J connectivity index is 1.53. The number of anilines is 1. The summed E-state index contributed by atoms with van der Waals surface area (Å²) in [4.78, 5) is 40.5. The molecule has 0 bridgehead atoms. The number of esters is 1. The molecule has 1 aliphatic carbocycles. The molecule has 1 aliphatic rings. The first-order valence-corrected chi connectivity index (χ1v) is 14.3. The molecule has 1 saturated carbocycles. The van der Waals surface area contributed by atoms with E-state index in [9.17, 15) is 23.9 Å². The highest BCUT2D eigenvalue weighted by Gasteiger charge is 2.34. The van der Waals surface area contributed by atoms with Crippen LogP contribution < -0.4 is 4.90 Å². The van der Waals surface area contributed by atoms with Gasteiger partial charge in [-0.25, -0.2) is 23.2 Å². The van der Waals surface area contributed by atoms with Crippen LogP contribution in [0.25, 0.3) is 27.8 Å². The molecule has 5 rings (SSSR count). The summed E-state index contributed by atoms with van der Waals surface area (Å²) in [6, 6.07) is 12.3. The van der Waals surface area contributed by atoms with Crippen LogP contribution in [0.15, 0.2) is 54.7 Å². The molecular weight excluding hydrogens is 539 g/mol. The van der Waals surface area contributed by atoms with Crippen LogP contribution >= 0.6 is 0 Å². The van der Waals surface area contributed by atoms with E-state index in [2.05, 4.69) is 6.92 Å². The van der Waals surface area contributed by atoms with Crippen molar-refractivity contribution < 1.29 is 28.6 Å². The largest absolute Gasteiger partial charge is 0.464 e. The van der Waals surface area contributed by atoms with Gasteiger partial charge in [0.1, 0.15) is 11.4 Å². The number of carbonyl (C=O) groups is 3. The maximum atomic E-state index is 13.8. The number of fused-ring (bicyclic) bond motifs is 1. The fourth-order valence-corrected chi connectivity index (χ4v) is 5.72. The molecule has 9 nitrogen and oxygen atoms in total. The normalized spacial score (nSPS) is 17.0. The lowest BCUT2D eigenvalue weighted by Crippen LogP contribution is -2.43. The second-order valence-corrected chi connectivity index (χ2v) is 11.2. The number of aromatic nitrogens is 3. The van der Waals surface area contributed by atoms with Crippen LogP contribution in [0.4, 0.5) is 15.0 Å². The van der Waals surface area contributed by atoms with Crippen molar-refractivity contribution in [3.63, 3.8) is 0 Å². The Morgan fingerprint density at radius 2 is 1.76 bits per heavy atom. The summed E-state index contributed by atoms with van der Waals surface area (Å²) in [6.07, 6.45) is 3.97. The smallest absolute Gasteiger partial charge is 0.416 e. The molecule has 1 fully saturated rings. The Morgan fingerprint density at radius 1 is 1.07 bits per heavy atom. The summed E-state index contributed by atoms with van der Waals surface area (Å²) in [5.41, 5.74) is 2.16. The van der Waals surface area contributed by atoms with Crippen LogP contribution in [0.3, 0.4) is 0 Å². The Morgan fingerprint density at radius 3 is 2.38 bits per heavy atom. The molecule has 10 heteroatoms. The third-order valence-electron chi connectivity index (χ3n) is 7.92. The van der Waals surface area contributed by atoms with Gasteiger partial charge in [-0.3, -0.25) is 9.69 Å². The SMILES string of the molecule is CCOC(=O)c1cn(-c2ccc(-c3cc4cc(F)ccc4n3C(=O)O)cc2)nc1N(C(=O)C1CCC(C)CC1)C(C)C. The summed E-state index contributed by atoms with van der Waals surface area (Å²) >= 11 is 0. The van der Waals surface area contributed by atoms with E-state index in [0.717, 1.165) is 30.3 Å². The number of halogens is 1. The Kier molecular flexibility index (Phi) is 8.15. The van der Waals surface area contributed by atoms with Crippen LogP contribution in [0.5, 0.6) is 0 Å². The van der Waals surface area contributed by atoms with Gasteiger partial charge in [0.15, 0.2) is 5.82 Å². The molecule has 1 amide bonds. The van der Waals surface area contributed by atoms with E-state index in [0.29, 0.717) is 33.8 Å². The van der Waals surface area contributed by atoms with Crippen molar-refractivity contribution in [3.8, 4) is 16.9 Å². The lowest BCUT2D eigenvalue weighted by Gasteiger charge is -2.32. The van der Waals surface area contributed by atoms with E-state index in [1.807, 2.05) is 13.8 Å². The van der Waals surface area contributed by atoms with Crippen molar-refractivity contribution in [1.82, 2.24) is 14.3 Å². The van der Waals surface area contributed by atoms with E-state index in [-0.39, 0.29) is 35.9 Å². The van der Waals surface area contributed by atoms with Crippen molar-refractivity contribution in [2.24, 2.45) is 11.8 Å². The fourth-order valence-electron chi connectivity index (χ4n) is 5.72. The number of benzene rings is 2. The first-order chi connectivity index (χ1) is 20.1. The van der Waals surface area contributed by atoms with E-state index in [4.69, 9.17) is 9.84 Å². The second-order valence-electron chi connectivity index (χ2n) is 11.2. The summed E-state index contributed by atoms with van der Waals surface area (Å²) in [5.74, 6) is -0.338. The van der Waals surface area contributed by atoms with E-state index in [1.165, 1.54) is 22.9 Å². The highest BCUT2D eigenvalue weighted by atomic mass is 19.1. The number of hydrogen-bond acceptors (Lipinski definition) is 5. The highest BCUT2D eigenvalue weighted by Crippen LogP contribution is 2.34. The number of hydrogen-bond donors (Lipinski definition) is 1. The van der Waals surface area contributed by atoms with Crippen molar-refractivity contribution >= 4 is 34.7 Å². The Labute approximate surface area is 243 Å². The number of ether oxygens (including phenoxy) is 1. The number of carbonyl (C=O) groups excluding carboxylic acids is 2. The van der Waals surface area contributed by atoms with Crippen LogP contribution in [0.2, 0.25) is 0 Å². The van der Waals surface area contributed by atoms with Crippen molar-refractivity contribution in [2.45, 2.75) is 59.4 Å². The first kappa shape index (κ1) is 29.0. The average molecular weight is 575 g/mol. The zero-order chi connectivity index (χ0) is 30.1. The van der Waals surface area contributed by atoms with Gasteiger partial charge in [-0.1, -0.05) is 19.1 Å². The van der Waals surface area contributed by atoms with E-state index >= 15 is 0 Å². The number of carboxylic acid groups (broad SMARTS) is 1. The quantitative estimate of drug-likeness (QED) is 0.241. The first-order valence-electron chi connectivity index (χ1n) is 14.3. The lowest BCUT2D eigenvalue weighted by atomic mass is 9.82. The number of nitrogens with zero attached hydrogens (tertiary/aromatic N) is 4. The summed E-state index contributed by atoms with van der Waals surface area (Å²) in [6.45, 7) is 7.91. The van der Waals surface area contributed by atoms with Crippen molar-refractivity contribution in [1.29, 1.82) is 0 Å². The summed E-state index contributed by atoms with van der Waals surface area (Å²) in [7, 11) is 0.